The van der Waals surface area contributed by atoms with E-state index in [-0.39, 0.29) is 49.4 Å². The number of rotatable bonds is 11. The largest absolute Gasteiger partial charge is 0.396 e. The number of carbonyl (C=O) groups excluding carboxylic acids is 3. The van der Waals surface area contributed by atoms with E-state index >= 15 is 0 Å². The number of carbonyl (C=O) groups is 3. The predicted octanol–water partition coefficient (Wildman–Crippen LogP) is 3.02. The van der Waals surface area contributed by atoms with E-state index in [1.54, 1.807) is 26.9 Å². The molecular formula is C30H41N3O5. The number of fused-ring (bicyclic) bond motifs is 1. The Morgan fingerprint density at radius 1 is 1.18 bits per heavy atom. The third-order valence-electron chi connectivity index (χ3n) is 8.75. The second-order valence-electron chi connectivity index (χ2n) is 11.3. The summed E-state index contributed by atoms with van der Waals surface area (Å²) in [5.74, 6) is -2.27. The second-order valence-corrected chi connectivity index (χ2v) is 11.3. The summed E-state index contributed by atoms with van der Waals surface area (Å²) in [6, 6.07) is 8.36. The average molecular weight is 524 g/mol. The zero-order chi connectivity index (χ0) is 27.8. The Morgan fingerprint density at radius 2 is 1.84 bits per heavy atom. The van der Waals surface area contributed by atoms with Crippen LogP contribution in [0, 0.1) is 17.8 Å². The number of likely N-dealkylation sites (tertiary alicyclic amines) is 1. The molecule has 1 aromatic carbocycles. The first-order chi connectivity index (χ1) is 18.1. The molecule has 3 fully saturated rings. The number of nitrogens with zero attached hydrogens (tertiary/aromatic N) is 3. The van der Waals surface area contributed by atoms with Crippen molar-refractivity contribution >= 4 is 23.4 Å². The molecule has 3 aliphatic rings. The van der Waals surface area contributed by atoms with E-state index in [1.807, 2.05) is 58.0 Å². The summed E-state index contributed by atoms with van der Waals surface area (Å²) in [7, 11) is 0. The maximum atomic E-state index is 14.4. The van der Waals surface area contributed by atoms with Gasteiger partial charge in [-0.1, -0.05) is 37.3 Å². The molecule has 0 aromatic heterocycles. The SMILES string of the molecule is C=CCN(C(=O)[C@H]1[C@H]2C(=O)N(CCCO)C(C(=O)N(CC=C)C(C)C)C23CC(C)[C@]1(C)O3)c1ccccc1. The van der Waals surface area contributed by atoms with Gasteiger partial charge < -0.3 is 24.5 Å². The monoisotopic (exact) mass is 523 g/mol. The lowest BCUT2D eigenvalue weighted by Gasteiger charge is -2.39. The van der Waals surface area contributed by atoms with Crippen LogP contribution in [0.2, 0.25) is 0 Å². The van der Waals surface area contributed by atoms with E-state index in [9.17, 15) is 19.5 Å². The summed E-state index contributed by atoms with van der Waals surface area (Å²) in [6.07, 6.45) is 4.19. The van der Waals surface area contributed by atoms with Crippen molar-refractivity contribution in [1.29, 1.82) is 0 Å². The molecule has 3 amide bonds. The van der Waals surface area contributed by atoms with E-state index in [4.69, 9.17) is 4.74 Å². The van der Waals surface area contributed by atoms with Gasteiger partial charge in [0, 0.05) is 38.0 Å². The summed E-state index contributed by atoms with van der Waals surface area (Å²) >= 11 is 0. The Morgan fingerprint density at radius 3 is 2.42 bits per heavy atom. The lowest BCUT2D eigenvalue weighted by Crippen LogP contribution is -2.58. The van der Waals surface area contributed by atoms with Crippen molar-refractivity contribution in [3.05, 3.63) is 55.6 Å². The molecule has 3 heterocycles. The zero-order valence-corrected chi connectivity index (χ0v) is 23.0. The molecule has 1 aromatic rings. The van der Waals surface area contributed by atoms with Gasteiger partial charge in [0.25, 0.3) is 0 Å². The number of amides is 3. The Kier molecular flexibility index (Phi) is 7.86. The third kappa shape index (κ3) is 4.18. The molecule has 4 rings (SSSR count). The molecular weight excluding hydrogens is 482 g/mol. The van der Waals surface area contributed by atoms with Crippen LogP contribution in [-0.4, -0.2) is 82.2 Å². The van der Waals surface area contributed by atoms with Gasteiger partial charge in [-0.05, 0) is 51.7 Å². The van der Waals surface area contributed by atoms with Gasteiger partial charge in [-0.15, -0.1) is 13.2 Å². The van der Waals surface area contributed by atoms with E-state index in [0.29, 0.717) is 19.4 Å². The molecule has 0 saturated carbocycles. The highest BCUT2D eigenvalue weighted by molar-refractivity contribution is 6.03. The van der Waals surface area contributed by atoms with Crippen LogP contribution in [0.3, 0.4) is 0 Å². The number of hydrogen-bond acceptors (Lipinski definition) is 5. The fraction of sp³-hybridized carbons (Fsp3) is 0.567. The first kappa shape index (κ1) is 28.0. The number of anilines is 1. The topological polar surface area (TPSA) is 90.4 Å². The molecule has 3 aliphatic heterocycles. The van der Waals surface area contributed by atoms with Crippen LogP contribution in [0.1, 0.15) is 40.5 Å². The number of benzene rings is 1. The quantitative estimate of drug-likeness (QED) is 0.451. The Balaban J connectivity index is 1.83. The molecule has 8 nitrogen and oxygen atoms in total. The highest BCUT2D eigenvalue weighted by Gasteiger charge is 2.80. The van der Waals surface area contributed by atoms with Crippen LogP contribution in [0.5, 0.6) is 0 Å². The molecule has 1 N–H and O–H groups in total. The standard InChI is InChI=1S/C30H41N3O5/c1-7-15-31(20(3)4)28(37)25-30-19-21(5)29(6,38-30)23(24(30)27(36)33(25)17-12-18-34)26(35)32(16-8-2)22-13-10-9-11-14-22/h7-11,13-14,20-21,23-25,34H,1-2,12,15-19H2,3-6H3/t21?,23-,24+,25?,29+,30?/m1/s1. The molecule has 6 atom stereocenters. The van der Waals surface area contributed by atoms with Gasteiger partial charge in [-0.3, -0.25) is 14.4 Å². The first-order valence-electron chi connectivity index (χ1n) is 13.6. The van der Waals surface area contributed by atoms with Crippen molar-refractivity contribution in [2.45, 2.75) is 63.8 Å². The van der Waals surface area contributed by atoms with Crippen molar-refractivity contribution < 1.29 is 24.2 Å². The first-order valence-corrected chi connectivity index (χ1v) is 13.6. The van der Waals surface area contributed by atoms with Crippen LogP contribution in [-0.2, 0) is 19.1 Å². The third-order valence-corrected chi connectivity index (χ3v) is 8.75. The van der Waals surface area contributed by atoms with Crippen molar-refractivity contribution in [3.63, 3.8) is 0 Å². The van der Waals surface area contributed by atoms with Gasteiger partial charge in [0.05, 0.1) is 17.4 Å². The second kappa shape index (κ2) is 10.7. The molecule has 38 heavy (non-hydrogen) atoms. The van der Waals surface area contributed by atoms with Crippen molar-refractivity contribution in [3.8, 4) is 0 Å². The van der Waals surface area contributed by atoms with E-state index in [0.717, 1.165) is 5.69 Å². The highest BCUT2D eigenvalue weighted by atomic mass is 16.5. The van der Waals surface area contributed by atoms with Crippen LogP contribution in [0.4, 0.5) is 5.69 Å². The number of aliphatic hydroxyl groups excluding tert-OH is 1. The summed E-state index contributed by atoms with van der Waals surface area (Å²) in [5, 5.41) is 9.59. The number of para-hydroxylation sites is 1. The highest BCUT2D eigenvalue weighted by Crippen LogP contribution is 2.65. The molecule has 3 saturated heterocycles. The maximum Gasteiger partial charge on any atom is 0.248 e. The zero-order valence-electron chi connectivity index (χ0n) is 23.0. The van der Waals surface area contributed by atoms with Crippen LogP contribution < -0.4 is 4.90 Å². The number of aliphatic hydroxyl groups is 1. The van der Waals surface area contributed by atoms with E-state index in [1.165, 1.54) is 0 Å². The molecule has 1 spiro atoms. The van der Waals surface area contributed by atoms with Crippen LogP contribution in [0.25, 0.3) is 0 Å². The summed E-state index contributed by atoms with van der Waals surface area (Å²) in [4.78, 5) is 47.7. The van der Waals surface area contributed by atoms with Crippen molar-refractivity contribution in [2.75, 3.05) is 31.1 Å². The minimum atomic E-state index is -1.12. The molecule has 206 valence electrons. The molecule has 8 heteroatoms. The predicted molar refractivity (Wildman–Crippen MR) is 146 cm³/mol. The van der Waals surface area contributed by atoms with Gasteiger partial charge in [-0.2, -0.15) is 0 Å². The summed E-state index contributed by atoms with van der Waals surface area (Å²) in [6.45, 7) is 16.2. The molecule has 0 aliphatic carbocycles. The van der Waals surface area contributed by atoms with Gasteiger partial charge in [-0.25, -0.2) is 0 Å². The fourth-order valence-electron chi connectivity index (χ4n) is 6.95. The van der Waals surface area contributed by atoms with Gasteiger partial charge in [0.2, 0.25) is 17.7 Å². The normalized spacial score (nSPS) is 31.4. The van der Waals surface area contributed by atoms with Gasteiger partial charge in [0.15, 0.2) is 0 Å². The van der Waals surface area contributed by atoms with E-state index < -0.39 is 29.1 Å². The summed E-state index contributed by atoms with van der Waals surface area (Å²) < 4.78 is 6.83. The lowest BCUT2D eigenvalue weighted by molar-refractivity contribution is -0.153. The Bertz CT molecular complexity index is 1090. The molecule has 3 unspecified atom stereocenters. The Labute approximate surface area is 225 Å². The van der Waals surface area contributed by atoms with E-state index in [2.05, 4.69) is 13.2 Å². The molecule has 2 bridgehead atoms. The number of ether oxygens (including phenoxy) is 1. The average Bonchev–Trinajstić information content (AvgIpc) is 3.40. The van der Waals surface area contributed by atoms with Crippen LogP contribution >= 0.6 is 0 Å². The smallest absolute Gasteiger partial charge is 0.248 e. The summed E-state index contributed by atoms with van der Waals surface area (Å²) in [5.41, 5.74) is -1.31. The minimum absolute atomic E-state index is 0.0538. The number of hydrogen-bond donors (Lipinski definition) is 1. The van der Waals surface area contributed by atoms with Crippen molar-refractivity contribution in [1.82, 2.24) is 9.80 Å². The van der Waals surface area contributed by atoms with Crippen molar-refractivity contribution in [2.24, 2.45) is 17.8 Å². The fourth-order valence-corrected chi connectivity index (χ4v) is 6.95. The maximum absolute atomic E-state index is 14.4. The van der Waals surface area contributed by atoms with Crippen LogP contribution in [0.15, 0.2) is 55.6 Å². The van der Waals surface area contributed by atoms with Gasteiger partial charge in [0.1, 0.15) is 11.6 Å². The minimum Gasteiger partial charge on any atom is -0.396 e. The Hall–Kier alpha value is -2.97. The molecule has 0 radical (unpaired) electrons. The van der Waals surface area contributed by atoms with Gasteiger partial charge >= 0.3 is 0 Å². The lowest BCUT2D eigenvalue weighted by atomic mass is 9.62.